The van der Waals surface area contributed by atoms with E-state index < -0.39 is 0 Å². The number of hydrogen-bond acceptors (Lipinski definition) is 4. The Balaban J connectivity index is 1.92. The number of nitrogens with one attached hydrogen (secondary N) is 1. The van der Waals surface area contributed by atoms with Crippen molar-refractivity contribution in [2.45, 2.75) is 26.3 Å². The zero-order valence-corrected chi connectivity index (χ0v) is 12.2. The van der Waals surface area contributed by atoms with E-state index in [1.807, 2.05) is 18.5 Å². The third kappa shape index (κ3) is 4.06. The summed E-state index contributed by atoms with van der Waals surface area (Å²) < 4.78 is 7.33. The molecule has 20 heavy (non-hydrogen) atoms. The van der Waals surface area contributed by atoms with E-state index in [1.54, 1.807) is 13.3 Å². The van der Waals surface area contributed by atoms with Crippen molar-refractivity contribution < 1.29 is 4.74 Å². The second-order valence-electron chi connectivity index (χ2n) is 4.71. The molecule has 0 unspecified atom stereocenters. The Morgan fingerprint density at radius 3 is 3.00 bits per heavy atom. The first-order valence-electron chi connectivity index (χ1n) is 7.02. The minimum absolute atomic E-state index is 0.673. The van der Waals surface area contributed by atoms with Crippen LogP contribution in [0.3, 0.4) is 0 Å². The van der Waals surface area contributed by atoms with Gasteiger partial charge in [-0.15, -0.1) is 0 Å². The topological polar surface area (TPSA) is 52.0 Å². The summed E-state index contributed by atoms with van der Waals surface area (Å²) in [5.41, 5.74) is 2.17. The number of aromatic nitrogens is 3. The Morgan fingerprint density at radius 2 is 2.20 bits per heavy atom. The Hall–Kier alpha value is -1.88. The van der Waals surface area contributed by atoms with Crippen LogP contribution in [0.2, 0.25) is 0 Å². The predicted molar refractivity (Wildman–Crippen MR) is 79.0 cm³/mol. The van der Waals surface area contributed by atoms with Crippen LogP contribution in [0.1, 0.15) is 24.6 Å². The van der Waals surface area contributed by atoms with Crippen LogP contribution in [-0.4, -0.2) is 34.7 Å². The van der Waals surface area contributed by atoms with E-state index in [1.165, 1.54) is 0 Å². The molecule has 0 radical (unpaired) electrons. The van der Waals surface area contributed by atoms with Crippen molar-refractivity contribution in [2.75, 3.05) is 20.2 Å². The fraction of sp³-hybridized carbons (Fsp3) is 0.467. The normalized spacial score (nSPS) is 10.7. The van der Waals surface area contributed by atoms with Gasteiger partial charge >= 0.3 is 0 Å². The second kappa shape index (κ2) is 7.65. The smallest absolute Gasteiger partial charge is 0.218 e. The lowest BCUT2D eigenvalue weighted by Crippen LogP contribution is -2.17. The average Bonchev–Trinajstić information content (AvgIpc) is 2.92. The molecule has 108 valence electrons. The summed E-state index contributed by atoms with van der Waals surface area (Å²) in [6.45, 7) is 4.93. The van der Waals surface area contributed by atoms with Crippen molar-refractivity contribution in [3.05, 3.63) is 42.1 Å². The van der Waals surface area contributed by atoms with Gasteiger partial charge in [0.05, 0.1) is 25.7 Å². The lowest BCUT2D eigenvalue weighted by molar-refractivity contribution is 0.391. The summed E-state index contributed by atoms with van der Waals surface area (Å²) in [4.78, 5) is 8.63. The number of hydrogen-bond donors (Lipinski definition) is 1. The molecule has 2 heterocycles. The van der Waals surface area contributed by atoms with Crippen molar-refractivity contribution in [1.82, 2.24) is 19.9 Å². The molecule has 0 aliphatic rings. The first kappa shape index (κ1) is 14.5. The van der Waals surface area contributed by atoms with E-state index in [2.05, 4.69) is 33.0 Å². The van der Waals surface area contributed by atoms with E-state index >= 15 is 0 Å². The first-order chi connectivity index (χ1) is 9.83. The number of nitrogens with zero attached hydrogens (tertiary/aromatic N) is 3. The number of methoxy groups -OCH3 is 1. The lowest BCUT2D eigenvalue weighted by atomic mass is 10.2. The highest BCUT2D eigenvalue weighted by atomic mass is 16.5. The summed E-state index contributed by atoms with van der Waals surface area (Å²) in [5, 5.41) is 3.38. The Labute approximate surface area is 120 Å². The number of rotatable bonds is 8. The van der Waals surface area contributed by atoms with Gasteiger partial charge in [-0.2, -0.15) is 0 Å². The van der Waals surface area contributed by atoms with Gasteiger partial charge in [0.25, 0.3) is 0 Å². The highest BCUT2D eigenvalue weighted by Gasteiger charge is 2.05. The molecule has 0 spiro atoms. The summed E-state index contributed by atoms with van der Waals surface area (Å²) in [6, 6.07) is 3.94. The highest BCUT2D eigenvalue weighted by Crippen LogP contribution is 2.15. The molecular weight excluding hydrogens is 252 g/mol. The van der Waals surface area contributed by atoms with E-state index in [-0.39, 0.29) is 0 Å². The van der Waals surface area contributed by atoms with E-state index in [0.29, 0.717) is 5.88 Å². The largest absolute Gasteiger partial charge is 0.481 e. The molecule has 0 aliphatic heterocycles. The minimum Gasteiger partial charge on any atom is -0.481 e. The van der Waals surface area contributed by atoms with Crippen LogP contribution in [-0.2, 0) is 13.0 Å². The summed E-state index contributed by atoms with van der Waals surface area (Å²) >= 11 is 0. The molecule has 0 aliphatic carbocycles. The quantitative estimate of drug-likeness (QED) is 0.747. The molecule has 0 fully saturated rings. The lowest BCUT2D eigenvalue weighted by Gasteiger charge is -2.07. The maximum Gasteiger partial charge on any atom is 0.218 e. The maximum atomic E-state index is 5.26. The van der Waals surface area contributed by atoms with Gasteiger partial charge in [-0.1, -0.05) is 13.0 Å². The summed E-state index contributed by atoms with van der Waals surface area (Å²) in [5.74, 6) is 0.673. The van der Waals surface area contributed by atoms with Gasteiger partial charge in [-0.25, -0.2) is 9.97 Å². The van der Waals surface area contributed by atoms with E-state index in [0.717, 1.165) is 43.7 Å². The van der Waals surface area contributed by atoms with Crippen LogP contribution < -0.4 is 10.1 Å². The van der Waals surface area contributed by atoms with Gasteiger partial charge in [0.1, 0.15) is 0 Å². The molecule has 2 aromatic rings. The van der Waals surface area contributed by atoms with Gasteiger partial charge in [-0.05, 0) is 19.0 Å². The average molecular weight is 274 g/mol. The fourth-order valence-corrected chi connectivity index (χ4v) is 2.07. The van der Waals surface area contributed by atoms with Crippen molar-refractivity contribution in [3.8, 4) is 5.88 Å². The van der Waals surface area contributed by atoms with Crippen molar-refractivity contribution in [2.24, 2.45) is 0 Å². The predicted octanol–water partition coefficient (Wildman–Crippen LogP) is 1.88. The molecule has 0 saturated heterocycles. The summed E-state index contributed by atoms with van der Waals surface area (Å²) in [6.07, 6.45) is 7.80. The molecule has 2 rings (SSSR count). The molecule has 0 amide bonds. The molecule has 0 atom stereocenters. The van der Waals surface area contributed by atoms with Crippen LogP contribution in [0.25, 0.3) is 0 Å². The molecule has 5 nitrogen and oxygen atoms in total. The van der Waals surface area contributed by atoms with E-state index in [9.17, 15) is 0 Å². The first-order valence-corrected chi connectivity index (χ1v) is 7.02. The monoisotopic (exact) mass is 274 g/mol. The zero-order valence-electron chi connectivity index (χ0n) is 12.2. The third-order valence-electron chi connectivity index (χ3n) is 3.07. The Kier molecular flexibility index (Phi) is 5.55. The number of ether oxygens (including phenoxy) is 1. The molecule has 0 saturated carbocycles. The second-order valence-corrected chi connectivity index (χ2v) is 4.71. The van der Waals surface area contributed by atoms with Gasteiger partial charge in [0.2, 0.25) is 5.88 Å². The molecule has 5 heteroatoms. The third-order valence-corrected chi connectivity index (χ3v) is 3.07. The molecule has 2 aromatic heterocycles. The van der Waals surface area contributed by atoms with Crippen LogP contribution in [0.4, 0.5) is 0 Å². The SMILES string of the molecule is CCCNCCc1cn(Cc2cccnc2OC)cn1. The van der Waals surface area contributed by atoms with E-state index in [4.69, 9.17) is 4.74 Å². The van der Waals surface area contributed by atoms with Crippen LogP contribution >= 0.6 is 0 Å². The standard InChI is InChI=1S/C15H22N4O/c1-3-7-16-9-6-14-11-19(12-18-14)10-13-5-4-8-17-15(13)20-2/h4-5,8,11-12,16H,3,6-7,9-10H2,1-2H3. The molecule has 0 bridgehead atoms. The van der Waals surface area contributed by atoms with Gasteiger partial charge in [0, 0.05) is 30.9 Å². The van der Waals surface area contributed by atoms with Crippen LogP contribution in [0, 0.1) is 0 Å². The van der Waals surface area contributed by atoms with Gasteiger partial charge in [-0.3, -0.25) is 0 Å². The molecule has 0 aromatic carbocycles. The van der Waals surface area contributed by atoms with Crippen molar-refractivity contribution in [3.63, 3.8) is 0 Å². The summed E-state index contributed by atoms with van der Waals surface area (Å²) in [7, 11) is 1.64. The number of pyridine rings is 1. The minimum atomic E-state index is 0.673. The van der Waals surface area contributed by atoms with Gasteiger partial charge in [0.15, 0.2) is 0 Å². The maximum absolute atomic E-state index is 5.26. The van der Waals surface area contributed by atoms with Crippen molar-refractivity contribution >= 4 is 0 Å². The molecule has 1 N–H and O–H groups in total. The Bertz CT molecular complexity index is 524. The van der Waals surface area contributed by atoms with Crippen LogP contribution in [0.15, 0.2) is 30.9 Å². The van der Waals surface area contributed by atoms with Gasteiger partial charge < -0.3 is 14.6 Å². The zero-order chi connectivity index (χ0) is 14.2. The highest BCUT2D eigenvalue weighted by molar-refractivity contribution is 5.25. The molecular formula is C15H22N4O. The fourth-order valence-electron chi connectivity index (χ4n) is 2.07. The van der Waals surface area contributed by atoms with Crippen LogP contribution in [0.5, 0.6) is 5.88 Å². The Morgan fingerprint density at radius 1 is 1.30 bits per heavy atom. The number of imidazole rings is 1. The van der Waals surface area contributed by atoms with Crippen molar-refractivity contribution in [1.29, 1.82) is 0 Å².